The highest BCUT2D eigenvalue weighted by Crippen LogP contribution is 2.35. The van der Waals surface area contributed by atoms with Gasteiger partial charge in [0.2, 0.25) is 10.0 Å². The predicted molar refractivity (Wildman–Crippen MR) is 70.9 cm³/mol. The van der Waals surface area contributed by atoms with Crippen LogP contribution < -0.4 is 4.72 Å². The maximum absolute atomic E-state index is 11.8. The lowest BCUT2D eigenvalue weighted by Gasteiger charge is -2.35. The van der Waals surface area contributed by atoms with Crippen LogP contribution in [-0.2, 0) is 14.8 Å². The fraction of sp³-hybridized carbons (Fsp3) is 1.00. The number of aliphatic hydroxyl groups is 1. The largest absolute Gasteiger partial charge is 0.396 e. The van der Waals surface area contributed by atoms with Gasteiger partial charge in [-0.25, -0.2) is 13.1 Å². The first-order chi connectivity index (χ1) is 8.54. The molecule has 0 amide bonds. The third-order valence-corrected chi connectivity index (χ3v) is 5.09. The summed E-state index contributed by atoms with van der Waals surface area (Å²) in [6.07, 6.45) is 5.65. The van der Waals surface area contributed by atoms with E-state index in [9.17, 15) is 13.5 Å². The van der Waals surface area contributed by atoms with Gasteiger partial charge >= 0.3 is 0 Å². The summed E-state index contributed by atoms with van der Waals surface area (Å²) in [6.45, 7) is 0.873. The molecule has 1 saturated carbocycles. The Balaban J connectivity index is 2.41. The number of nitrogens with one attached hydrogen (secondary N) is 1. The topological polar surface area (TPSA) is 75.6 Å². The van der Waals surface area contributed by atoms with Crippen molar-refractivity contribution in [2.45, 2.75) is 38.5 Å². The molecule has 1 fully saturated rings. The Morgan fingerprint density at radius 2 is 1.94 bits per heavy atom. The van der Waals surface area contributed by atoms with Crippen molar-refractivity contribution in [3.05, 3.63) is 0 Å². The summed E-state index contributed by atoms with van der Waals surface area (Å²) < 4.78 is 31.0. The number of sulfonamides is 1. The van der Waals surface area contributed by atoms with Crippen molar-refractivity contribution in [3.63, 3.8) is 0 Å². The van der Waals surface area contributed by atoms with Crippen molar-refractivity contribution in [1.29, 1.82) is 0 Å². The Labute approximate surface area is 110 Å². The minimum atomic E-state index is -3.24. The van der Waals surface area contributed by atoms with Crippen molar-refractivity contribution >= 4 is 10.0 Å². The van der Waals surface area contributed by atoms with Gasteiger partial charge in [0.25, 0.3) is 0 Å². The fourth-order valence-corrected chi connectivity index (χ4v) is 3.59. The fourth-order valence-electron chi connectivity index (χ4n) is 2.42. The van der Waals surface area contributed by atoms with Crippen molar-refractivity contribution in [2.24, 2.45) is 5.41 Å². The van der Waals surface area contributed by atoms with Crippen LogP contribution in [0.1, 0.15) is 38.5 Å². The first-order valence-corrected chi connectivity index (χ1v) is 8.26. The van der Waals surface area contributed by atoms with Gasteiger partial charge < -0.3 is 9.84 Å². The molecule has 0 aromatic heterocycles. The van der Waals surface area contributed by atoms with Gasteiger partial charge in [0.1, 0.15) is 0 Å². The minimum Gasteiger partial charge on any atom is -0.396 e. The smallest absolute Gasteiger partial charge is 0.211 e. The molecular formula is C12H25NO4S. The molecule has 0 atom stereocenters. The molecule has 0 aromatic rings. The van der Waals surface area contributed by atoms with Crippen LogP contribution in [0.3, 0.4) is 0 Å². The van der Waals surface area contributed by atoms with Crippen LogP contribution in [0.25, 0.3) is 0 Å². The molecule has 0 spiro atoms. The first kappa shape index (κ1) is 15.9. The molecule has 5 nitrogen and oxygen atoms in total. The standard InChI is InChI=1S/C12H25NO4S/c1-17-8-5-9-18(15,16)13-10-12(11-14)6-3-2-4-7-12/h13-14H,2-11H2,1H3. The van der Waals surface area contributed by atoms with E-state index in [4.69, 9.17) is 4.74 Å². The summed E-state index contributed by atoms with van der Waals surface area (Å²) in [5, 5.41) is 9.50. The number of hydrogen-bond acceptors (Lipinski definition) is 4. The second-order valence-corrected chi connectivity index (χ2v) is 7.13. The van der Waals surface area contributed by atoms with Crippen LogP contribution in [0.5, 0.6) is 0 Å². The van der Waals surface area contributed by atoms with E-state index >= 15 is 0 Å². The van der Waals surface area contributed by atoms with Crippen LogP contribution >= 0.6 is 0 Å². The lowest BCUT2D eigenvalue weighted by Crippen LogP contribution is -2.42. The van der Waals surface area contributed by atoms with E-state index in [0.717, 1.165) is 25.7 Å². The van der Waals surface area contributed by atoms with Crippen LogP contribution in [0.4, 0.5) is 0 Å². The second-order valence-electron chi connectivity index (χ2n) is 5.21. The van der Waals surface area contributed by atoms with E-state index in [1.54, 1.807) is 7.11 Å². The monoisotopic (exact) mass is 279 g/mol. The molecule has 0 bridgehead atoms. The van der Waals surface area contributed by atoms with Crippen molar-refractivity contribution in [1.82, 2.24) is 4.72 Å². The van der Waals surface area contributed by atoms with Gasteiger partial charge in [-0.3, -0.25) is 0 Å². The highest BCUT2D eigenvalue weighted by atomic mass is 32.2. The van der Waals surface area contributed by atoms with Crippen LogP contribution in [0.2, 0.25) is 0 Å². The number of methoxy groups -OCH3 is 1. The molecule has 0 radical (unpaired) electrons. The highest BCUT2D eigenvalue weighted by molar-refractivity contribution is 7.89. The second kappa shape index (κ2) is 7.43. The predicted octanol–water partition coefficient (Wildman–Crippen LogP) is 0.885. The van der Waals surface area contributed by atoms with E-state index in [1.165, 1.54) is 6.42 Å². The van der Waals surface area contributed by atoms with E-state index in [2.05, 4.69) is 4.72 Å². The maximum atomic E-state index is 11.8. The molecule has 1 rings (SSSR count). The Morgan fingerprint density at radius 3 is 2.50 bits per heavy atom. The Hall–Kier alpha value is -0.170. The third kappa shape index (κ3) is 5.22. The zero-order chi connectivity index (χ0) is 13.5. The normalized spacial score (nSPS) is 19.9. The minimum absolute atomic E-state index is 0.0631. The molecule has 0 saturated heterocycles. The summed E-state index contributed by atoms with van der Waals surface area (Å²) >= 11 is 0. The molecule has 1 aliphatic rings. The maximum Gasteiger partial charge on any atom is 0.211 e. The lowest BCUT2D eigenvalue weighted by molar-refractivity contribution is 0.0867. The van der Waals surface area contributed by atoms with E-state index < -0.39 is 10.0 Å². The summed E-state index contributed by atoms with van der Waals surface area (Å²) in [5.41, 5.74) is -0.243. The van der Waals surface area contributed by atoms with E-state index in [0.29, 0.717) is 19.6 Å². The first-order valence-electron chi connectivity index (χ1n) is 6.61. The number of ether oxygens (including phenoxy) is 1. The average Bonchev–Trinajstić information content (AvgIpc) is 2.38. The summed E-state index contributed by atoms with van der Waals surface area (Å²) in [7, 11) is -1.68. The number of hydrogen-bond donors (Lipinski definition) is 2. The molecule has 108 valence electrons. The molecule has 2 N–H and O–H groups in total. The average molecular weight is 279 g/mol. The molecule has 1 aliphatic carbocycles. The van der Waals surface area contributed by atoms with Gasteiger partial charge in [0.15, 0.2) is 0 Å². The van der Waals surface area contributed by atoms with E-state index in [-0.39, 0.29) is 17.8 Å². The lowest BCUT2D eigenvalue weighted by atomic mass is 9.75. The van der Waals surface area contributed by atoms with Gasteiger partial charge in [-0.15, -0.1) is 0 Å². The molecule has 0 aromatic carbocycles. The Morgan fingerprint density at radius 1 is 1.28 bits per heavy atom. The van der Waals surface area contributed by atoms with Crippen LogP contribution in [-0.4, -0.2) is 46.1 Å². The Kier molecular flexibility index (Phi) is 6.55. The molecular weight excluding hydrogens is 254 g/mol. The SMILES string of the molecule is COCCCS(=O)(=O)NCC1(CO)CCCCC1. The number of rotatable bonds is 8. The molecule has 18 heavy (non-hydrogen) atoms. The van der Waals surface area contributed by atoms with Gasteiger partial charge in [-0.1, -0.05) is 19.3 Å². The van der Waals surface area contributed by atoms with Gasteiger partial charge in [0.05, 0.1) is 5.75 Å². The van der Waals surface area contributed by atoms with Crippen molar-refractivity contribution < 1.29 is 18.3 Å². The summed E-state index contributed by atoms with van der Waals surface area (Å²) in [6, 6.07) is 0. The highest BCUT2D eigenvalue weighted by Gasteiger charge is 2.32. The van der Waals surface area contributed by atoms with E-state index in [1.807, 2.05) is 0 Å². The van der Waals surface area contributed by atoms with Crippen LogP contribution in [0, 0.1) is 5.41 Å². The van der Waals surface area contributed by atoms with Crippen LogP contribution in [0.15, 0.2) is 0 Å². The zero-order valence-corrected chi connectivity index (χ0v) is 12.0. The molecule has 6 heteroatoms. The van der Waals surface area contributed by atoms with Crippen molar-refractivity contribution in [3.8, 4) is 0 Å². The molecule has 0 unspecified atom stereocenters. The van der Waals surface area contributed by atoms with Gasteiger partial charge in [-0.05, 0) is 19.3 Å². The summed E-state index contributed by atoms with van der Waals surface area (Å²) in [4.78, 5) is 0. The van der Waals surface area contributed by atoms with Crippen molar-refractivity contribution in [2.75, 3.05) is 32.6 Å². The van der Waals surface area contributed by atoms with Gasteiger partial charge in [-0.2, -0.15) is 0 Å². The third-order valence-electron chi connectivity index (χ3n) is 3.68. The Bertz CT molecular complexity index is 323. The molecule has 0 aliphatic heterocycles. The summed E-state index contributed by atoms with van der Waals surface area (Å²) in [5.74, 6) is 0.0857. The molecule has 0 heterocycles. The quantitative estimate of drug-likeness (QED) is 0.647. The van der Waals surface area contributed by atoms with Gasteiger partial charge in [0, 0.05) is 32.3 Å². The zero-order valence-electron chi connectivity index (χ0n) is 11.2. The number of aliphatic hydroxyl groups excluding tert-OH is 1.